The summed E-state index contributed by atoms with van der Waals surface area (Å²) in [7, 11) is -53.1. The van der Waals surface area contributed by atoms with E-state index >= 15 is 0 Å². The van der Waals surface area contributed by atoms with Gasteiger partial charge in [-0.3, -0.25) is 55.6 Å². The molecule has 1 fully saturated rings. The van der Waals surface area contributed by atoms with Gasteiger partial charge < -0.3 is 31.9 Å². The number of rotatable bonds is 23. The molecule has 1 aliphatic carbocycles. The Kier molecular flexibility index (Phi) is 19.1. The van der Waals surface area contributed by atoms with Gasteiger partial charge in [0.15, 0.2) is 0 Å². The predicted molar refractivity (Wildman–Crippen MR) is 200 cm³/mol. The van der Waals surface area contributed by atoms with Crippen molar-refractivity contribution in [3.8, 4) is 0 Å². The number of carboxylic acids is 4. The standard InChI is InChI=1S/C14H22N2O8.C6H16N2O24S8/c15-14(16)3-1-2-12(4-8(17)18,5-9(19)20)13(14,6-10(21)22)7-11(23)24;9-33(10,11)3(34(12,13)14)7(4(35(15,16)17)36(18,19)20)1-2-8(5(37(21,22)23)38(24,25)26)6(39(27,28)29)40(30,31)32/h1-7,15-16H2,(H,17,18)(H,19,20)(H,21,22)(H,23,24);3-6H,1-2H2,(H,9,10,11)(H,12,13,14)(H,15,16,17)(H,18,19,20)(H,21,22,23)(H,24,25,26)(H,27,28,29)(H,30,31,32). The highest BCUT2D eigenvalue weighted by Crippen LogP contribution is 2.61. The van der Waals surface area contributed by atoms with Gasteiger partial charge in [0.25, 0.3) is 99.8 Å². The maximum atomic E-state index is 11.6. The van der Waals surface area contributed by atoms with E-state index in [1.807, 2.05) is 0 Å². The van der Waals surface area contributed by atoms with Crippen molar-refractivity contribution >= 4 is 105 Å². The van der Waals surface area contributed by atoms with E-state index in [-0.39, 0.29) is 19.3 Å². The van der Waals surface area contributed by atoms with Crippen molar-refractivity contribution in [2.75, 3.05) is 13.1 Å². The smallest absolute Gasteiger partial charge is 0.304 e. The topological polar surface area (TPSA) is 643 Å². The van der Waals surface area contributed by atoms with E-state index in [1.54, 1.807) is 0 Å². The molecule has 0 atom stereocenters. The minimum Gasteiger partial charge on any atom is -0.481 e. The highest BCUT2D eigenvalue weighted by atomic mass is 32.3. The average molecular weight is 1100 g/mol. The first-order valence-corrected chi connectivity index (χ1v) is 27.5. The molecule has 1 aliphatic rings. The molecule has 0 aromatic heterocycles. The van der Waals surface area contributed by atoms with Gasteiger partial charge in [-0.25, -0.2) is 9.80 Å². The van der Waals surface area contributed by atoms with Crippen LogP contribution < -0.4 is 11.5 Å². The van der Waals surface area contributed by atoms with Gasteiger partial charge in [0.2, 0.25) is 0 Å². The fraction of sp³-hybridized carbons (Fsp3) is 0.800. The molecular weight excluding hydrogens is 1060 g/mol. The molecule has 0 aliphatic heterocycles. The minimum absolute atomic E-state index is 0.0162. The molecule has 0 bridgehead atoms. The molecule has 0 heterocycles. The van der Waals surface area contributed by atoms with Gasteiger partial charge in [-0.05, 0) is 19.3 Å². The van der Waals surface area contributed by atoms with Crippen LogP contribution in [0.3, 0.4) is 0 Å². The number of carboxylic acid groups (broad SMARTS) is 4. The molecule has 44 heteroatoms. The van der Waals surface area contributed by atoms with E-state index in [9.17, 15) is 107 Å². The third kappa shape index (κ3) is 15.8. The summed E-state index contributed by atoms with van der Waals surface area (Å²) in [6, 6.07) is 0. The van der Waals surface area contributed by atoms with Gasteiger partial charge in [-0.2, -0.15) is 67.3 Å². The van der Waals surface area contributed by atoms with Crippen molar-refractivity contribution in [2.24, 2.45) is 22.3 Å². The Morgan fingerprint density at radius 2 is 0.609 bits per heavy atom. The Morgan fingerprint density at radius 1 is 0.406 bits per heavy atom. The quantitative estimate of drug-likeness (QED) is 0.0334. The third-order valence-electron chi connectivity index (χ3n) is 8.78. The second kappa shape index (κ2) is 20.1. The SMILES string of the molecule is NC1(N)CCCC(CC(=O)O)(CC(=O)O)C1(CC(=O)O)CC(=O)O.O=S(=O)(O)C(N(CCN(C(S(=O)(=O)O)S(=O)(=O)O)C(S(=O)(=O)O)S(=O)(=O)O)C(S(=O)(=O)O)S(=O)(=O)O)S(=O)(=O)O. The van der Waals surface area contributed by atoms with Gasteiger partial charge in [0, 0.05) is 23.9 Å². The zero-order valence-corrected chi connectivity index (χ0v) is 37.6. The fourth-order valence-electron chi connectivity index (χ4n) is 6.97. The second-order valence-corrected chi connectivity index (χ2v) is 26.4. The molecule has 16 N–H and O–H groups in total. The molecule has 1 saturated carbocycles. The number of nitrogens with two attached hydrogens (primary N) is 2. The lowest BCUT2D eigenvalue weighted by Gasteiger charge is -2.59. The molecule has 0 unspecified atom stereocenters. The summed E-state index contributed by atoms with van der Waals surface area (Å²) in [5.41, 5.74) is 6.68. The van der Waals surface area contributed by atoms with Crippen LogP contribution in [0.2, 0.25) is 0 Å². The van der Waals surface area contributed by atoms with Crippen LogP contribution in [0, 0.1) is 10.8 Å². The van der Waals surface area contributed by atoms with E-state index in [1.165, 1.54) is 0 Å². The zero-order chi connectivity index (χ0) is 51.6. The maximum absolute atomic E-state index is 11.6. The van der Waals surface area contributed by atoms with E-state index in [0.717, 1.165) is 0 Å². The molecule has 64 heavy (non-hydrogen) atoms. The van der Waals surface area contributed by atoms with Crippen molar-refractivity contribution in [1.82, 2.24) is 9.80 Å². The first-order chi connectivity index (χ1) is 27.8. The van der Waals surface area contributed by atoms with E-state index in [2.05, 4.69) is 0 Å². The lowest BCUT2D eigenvalue weighted by molar-refractivity contribution is -0.176. The van der Waals surface area contributed by atoms with Crippen molar-refractivity contribution in [3.63, 3.8) is 0 Å². The molecule has 378 valence electrons. The van der Waals surface area contributed by atoms with Gasteiger partial charge in [-0.1, -0.05) is 0 Å². The lowest BCUT2D eigenvalue weighted by atomic mass is 9.46. The minimum atomic E-state index is -6.64. The Bertz CT molecular complexity index is 2300. The summed E-state index contributed by atoms with van der Waals surface area (Å²) in [5.74, 6) is -5.57. The summed E-state index contributed by atoms with van der Waals surface area (Å²) in [4.78, 5) is 42.6. The number of nitrogens with zero attached hydrogens (tertiary/aromatic N) is 2. The van der Waals surface area contributed by atoms with Crippen LogP contribution in [0.15, 0.2) is 0 Å². The van der Waals surface area contributed by atoms with Crippen molar-refractivity contribution in [2.45, 2.75) is 69.4 Å². The monoisotopic (exact) mass is 1100 g/mol. The van der Waals surface area contributed by atoms with Crippen LogP contribution in [0.4, 0.5) is 0 Å². The molecule has 0 saturated heterocycles. The summed E-state index contributed by atoms with van der Waals surface area (Å²) in [6.07, 6.45) is -2.75. The normalized spacial score (nSPS) is 17.6. The Hall–Kier alpha value is -3.00. The highest BCUT2D eigenvalue weighted by molar-refractivity contribution is 8.06. The number of hydrogen-bond acceptors (Lipinski definition) is 24. The first-order valence-electron chi connectivity index (χ1n) is 15.5. The number of carbonyl (C=O) groups is 4. The fourth-order valence-corrected chi connectivity index (χ4v) is 17.1. The van der Waals surface area contributed by atoms with Gasteiger partial charge >= 0.3 is 23.9 Å². The lowest BCUT2D eigenvalue weighted by Crippen LogP contribution is -2.72. The molecule has 36 nitrogen and oxygen atoms in total. The average Bonchev–Trinajstić information content (AvgIpc) is 2.91. The summed E-state index contributed by atoms with van der Waals surface area (Å²) in [6.45, 7) is -5.17. The summed E-state index contributed by atoms with van der Waals surface area (Å²) in [5, 5.41) is 37.0. The van der Waals surface area contributed by atoms with E-state index in [0.29, 0.717) is 0 Å². The zero-order valence-electron chi connectivity index (χ0n) is 31.0. The molecule has 0 aromatic rings. The number of aliphatic carboxylic acids is 4. The van der Waals surface area contributed by atoms with Crippen LogP contribution in [0.1, 0.15) is 44.9 Å². The van der Waals surface area contributed by atoms with E-state index in [4.69, 9.17) is 47.9 Å². The predicted octanol–water partition coefficient (Wildman–Crippen LogP) is -6.52. The molecule has 0 radical (unpaired) electrons. The second-order valence-electron chi connectivity index (χ2n) is 13.4. The van der Waals surface area contributed by atoms with Crippen molar-refractivity contribution < 1.29 is 143 Å². The Labute approximate surface area is 361 Å². The van der Waals surface area contributed by atoms with Crippen LogP contribution in [0.5, 0.6) is 0 Å². The molecule has 0 aromatic carbocycles. The maximum Gasteiger partial charge on any atom is 0.304 e. The molecule has 1 rings (SSSR count). The first kappa shape index (κ1) is 61.0. The molecule has 0 amide bonds. The summed E-state index contributed by atoms with van der Waals surface area (Å²) < 4.78 is 241. The van der Waals surface area contributed by atoms with Gasteiger partial charge in [-0.15, -0.1) is 0 Å². The molecule has 0 spiro atoms. The van der Waals surface area contributed by atoms with Crippen LogP contribution >= 0.6 is 0 Å². The van der Waals surface area contributed by atoms with Crippen molar-refractivity contribution in [1.29, 1.82) is 0 Å². The largest absolute Gasteiger partial charge is 0.481 e. The Morgan fingerprint density at radius 3 is 0.781 bits per heavy atom. The van der Waals surface area contributed by atoms with Crippen LogP contribution in [-0.2, 0) is 100 Å². The van der Waals surface area contributed by atoms with Crippen LogP contribution in [0.25, 0.3) is 0 Å². The molecular formula is C20H38N4O32S8. The summed E-state index contributed by atoms with van der Waals surface area (Å²) >= 11 is 0. The van der Waals surface area contributed by atoms with E-state index < -0.39 is 189 Å². The van der Waals surface area contributed by atoms with Gasteiger partial charge in [0.05, 0.1) is 31.3 Å². The number of hydrogen-bond donors (Lipinski definition) is 14. The van der Waals surface area contributed by atoms with Crippen molar-refractivity contribution in [3.05, 3.63) is 0 Å². The highest BCUT2D eigenvalue weighted by Gasteiger charge is 2.65. The third-order valence-corrected chi connectivity index (χ3v) is 20.9. The van der Waals surface area contributed by atoms with Crippen LogP contribution in [-0.4, -0.2) is 195 Å². The Balaban J connectivity index is 0.00000140. The van der Waals surface area contributed by atoms with Gasteiger partial charge in [0.1, 0.15) is 0 Å².